The van der Waals surface area contributed by atoms with Gasteiger partial charge in [-0.05, 0) is 129 Å². The van der Waals surface area contributed by atoms with Crippen molar-refractivity contribution >= 4 is 68.1 Å². The van der Waals surface area contributed by atoms with Gasteiger partial charge in [-0.3, -0.25) is 29.4 Å². The number of hydrogen-bond donors (Lipinski definition) is 4. The summed E-state index contributed by atoms with van der Waals surface area (Å²) in [5.41, 5.74) is 1.77. The fourth-order valence-electron chi connectivity index (χ4n) is 8.32. The van der Waals surface area contributed by atoms with Gasteiger partial charge in [0.15, 0.2) is 11.6 Å². The van der Waals surface area contributed by atoms with E-state index in [0.717, 1.165) is 77.9 Å². The number of nitrogens with zero attached hydrogens (tertiary/aromatic N) is 5. The number of nitriles is 1. The summed E-state index contributed by atoms with van der Waals surface area (Å²) in [6, 6.07) is 12.3. The number of H-pyrrole nitrogens is 1. The maximum atomic E-state index is 14.9. The number of anilines is 2. The second kappa shape index (κ2) is 20.6. The second-order valence-electron chi connectivity index (χ2n) is 16.1. The minimum Gasteiger partial charge on any atom is -0.452 e. The number of aromatic nitrogens is 2. The van der Waals surface area contributed by atoms with Crippen LogP contribution in [0, 0.1) is 23.0 Å². The van der Waals surface area contributed by atoms with Gasteiger partial charge in [0.05, 0.1) is 39.5 Å². The number of halogens is 3. The first kappa shape index (κ1) is 45.9. The number of ether oxygens (including phenoxy) is 2. The maximum Gasteiger partial charge on any atom is 0.259 e. The van der Waals surface area contributed by atoms with Crippen LogP contribution in [0.4, 0.5) is 20.2 Å². The topological polar surface area (TPSA) is 185 Å². The Morgan fingerprint density at radius 2 is 1.86 bits per heavy atom. The molecule has 8 rings (SSSR count). The van der Waals surface area contributed by atoms with Crippen molar-refractivity contribution in [3.63, 3.8) is 0 Å². The standard InChI is InChI=1S/C26H35FN4O4.C18H15BrFN5O2S/c27-21-16-19(28-22-4-5-23(32)29-25(22)34)2-3-20(21)18-6-11-30(12-7-18)17-24(33)31-13-9-26(10-14-31)8-1-15-35-26;1-3-25(2)28-24-12-5-4-11(20)17(10(12)8-21)27-14-7-6-13-15(16(14)19)18(26)23-9-22-13/h2-3,16,18,22,28H,1,4-15,17H2,(H,29,32,34);4-7,9,24H,3H2,1-2H3,(H,22,23,26). The van der Waals surface area contributed by atoms with E-state index in [1.54, 1.807) is 24.3 Å². The van der Waals surface area contributed by atoms with Crippen LogP contribution in [0.5, 0.6) is 11.5 Å². The van der Waals surface area contributed by atoms with Crippen LogP contribution >= 0.6 is 28.1 Å². The minimum atomic E-state index is -0.692. The summed E-state index contributed by atoms with van der Waals surface area (Å²) in [5, 5.41) is 15.2. The van der Waals surface area contributed by atoms with Gasteiger partial charge in [0.25, 0.3) is 5.56 Å². The zero-order valence-electron chi connectivity index (χ0n) is 35.1. The van der Waals surface area contributed by atoms with Gasteiger partial charge >= 0.3 is 0 Å². The molecule has 4 saturated heterocycles. The lowest BCUT2D eigenvalue weighted by molar-refractivity contribution is -0.137. The van der Waals surface area contributed by atoms with Crippen molar-refractivity contribution < 1.29 is 32.6 Å². The fraction of sp³-hybridized carbons (Fsp3) is 0.455. The highest BCUT2D eigenvalue weighted by atomic mass is 79.9. The Bertz CT molecular complexity index is 2430. The molecule has 334 valence electrons. The molecule has 4 aromatic rings. The number of nitrogens with one attached hydrogen (secondary N) is 4. The Hall–Kier alpha value is -5.13. The fourth-order valence-corrected chi connectivity index (χ4v) is 9.47. The number of fused-ring (bicyclic) bond motifs is 1. The predicted octanol–water partition coefficient (Wildman–Crippen LogP) is 6.81. The lowest BCUT2D eigenvalue weighted by Crippen LogP contribution is -2.49. The van der Waals surface area contributed by atoms with Gasteiger partial charge in [0.2, 0.25) is 17.7 Å². The zero-order valence-corrected chi connectivity index (χ0v) is 37.5. The first-order valence-corrected chi connectivity index (χ1v) is 22.7. The monoisotopic (exact) mass is 949 g/mol. The Labute approximate surface area is 376 Å². The first-order valence-electron chi connectivity index (χ1n) is 21.1. The zero-order chi connectivity index (χ0) is 44.7. The van der Waals surface area contributed by atoms with E-state index in [4.69, 9.17) is 9.47 Å². The third-order valence-corrected chi connectivity index (χ3v) is 13.7. The lowest BCUT2D eigenvalue weighted by atomic mass is 9.88. The number of rotatable bonds is 11. The molecule has 15 nitrogen and oxygen atoms in total. The first-order chi connectivity index (χ1) is 30.4. The molecule has 0 bridgehead atoms. The summed E-state index contributed by atoms with van der Waals surface area (Å²) in [6.07, 6.45) is 7.71. The SMILES string of the molecule is CCN(C)SNc1ccc(F)c(Oc2ccc3nc[nH]c(=O)c3c2Br)c1C#N.O=C1CCC(Nc2ccc(C3CCN(CC(=O)N4CCC5(CCCO5)CC4)CC3)c(F)c2)C(=O)N1. The number of benzene rings is 3. The summed E-state index contributed by atoms with van der Waals surface area (Å²) in [6.45, 7) is 7.13. The third kappa shape index (κ3) is 11.0. The maximum absolute atomic E-state index is 14.9. The Balaban J connectivity index is 0.000000194. The minimum absolute atomic E-state index is 0.0177. The molecule has 0 saturated carbocycles. The van der Waals surface area contributed by atoms with Gasteiger partial charge in [0.1, 0.15) is 29.2 Å². The second-order valence-corrected chi connectivity index (χ2v) is 17.9. The number of likely N-dealkylation sites (tertiary alicyclic amines) is 2. The lowest BCUT2D eigenvalue weighted by Gasteiger charge is -2.40. The summed E-state index contributed by atoms with van der Waals surface area (Å²) in [7, 11) is 1.88. The van der Waals surface area contributed by atoms with Crippen molar-refractivity contribution in [2.45, 2.75) is 75.9 Å². The van der Waals surface area contributed by atoms with Gasteiger partial charge in [-0.25, -0.2) is 18.1 Å². The molecule has 4 fully saturated rings. The predicted molar refractivity (Wildman–Crippen MR) is 239 cm³/mol. The normalized spacial score (nSPS) is 19.1. The molecule has 0 radical (unpaired) electrons. The molecule has 63 heavy (non-hydrogen) atoms. The van der Waals surface area contributed by atoms with Crippen LogP contribution in [0.2, 0.25) is 0 Å². The molecule has 1 aromatic heterocycles. The van der Waals surface area contributed by atoms with Crippen molar-refractivity contribution in [1.29, 1.82) is 5.26 Å². The Kier molecular flexibility index (Phi) is 15.0. The Morgan fingerprint density at radius 3 is 2.54 bits per heavy atom. The number of amides is 3. The van der Waals surface area contributed by atoms with Crippen molar-refractivity contribution in [2.24, 2.45) is 0 Å². The average molecular weight is 951 g/mol. The molecule has 4 aliphatic heterocycles. The molecule has 4 aliphatic rings. The van der Waals surface area contributed by atoms with E-state index in [9.17, 15) is 33.2 Å². The van der Waals surface area contributed by atoms with Crippen LogP contribution in [0.1, 0.15) is 75.3 Å². The molecule has 1 atom stereocenters. The highest BCUT2D eigenvalue weighted by molar-refractivity contribution is 9.10. The van der Waals surface area contributed by atoms with Gasteiger partial charge < -0.3 is 29.4 Å². The summed E-state index contributed by atoms with van der Waals surface area (Å²) in [4.78, 5) is 58.9. The van der Waals surface area contributed by atoms with Crippen molar-refractivity contribution in [3.8, 4) is 17.6 Å². The van der Waals surface area contributed by atoms with E-state index >= 15 is 0 Å². The quantitative estimate of drug-likeness (QED) is 0.0910. The summed E-state index contributed by atoms with van der Waals surface area (Å²) < 4.78 is 46.3. The summed E-state index contributed by atoms with van der Waals surface area (Å²) in [5.74, 6) is -1.36. The number of imide groups is 1. The number of piperidine rings is 3. The molecule has 1 unspecified atom stereocenters. The molecule has 4 N–H and O–H groups in total. The molecule has 19 heteroatoms. The molecule has 5 heterocycles. The van der Waals surface area contributed by atoms with E-state index in [0.29, 0.717) is 39.9 Å². The van der Waals surface area contributed by atoms with Gasteiger partial charge in [-0.2, -0.15) is 5.26 Å². The smallest absolute Gasteiger partial charge is 0.259 e. The van der Waals surface area contributed by atoms with E-state index in [1.165, 1.54) is 36.7 Å². The Morgan fingerprint density at radius 1 is 1.08 bits per heavy atom. The van der Waals surface area contributed by atoms with E-state index in [-0.39, 0.29) is 69.5 Å². The van der Waals surface area contributed by atoms with Gasteiger partial charge in [-0.15, -0.1) is 0 Å². The number of hydrogen-bond acceptors (Lipinski definition) is 13. The number of carbonyl (C=O) groups is 3. The molecular formula is C44H50BrF2N9O6S. The largest absolute Gasteiger partial charge is 0.452 e. The van der Waals surface area contributed by atoms with Crippen LogP contribution in [-0.2, 0) is 19.1 Å². The van der Waals surface area contributed by atoms with Crippen LogP contribution in [0.3, 0.4) is 0 Å². The van der Waals surface area contributed by atoms with E-state index in [2.05, 4.69) is 46.2 Å². The van der Waals surface area contributed by atoms with Gasteiger partial charge in [-0.1, -0.05) is 13.0 Å². The molecular weight excluding hydrogens is 901 g/mol. The van der Waals surface area contributed by atoms with Crippen LogP contribution in [0.15, 0.2) is 58.1 Å². The van der Waals surface area contributed by atoms with Crippen molar-refractivity contribution in [3.05, 3.63) is 86.4 Å². The third-order valence-electron chi connectivity index (χ3n) is 12.1. The van der Waals surface area contributed by atoms with Crippen LogP contribution < -0.4 is 25.7 Å². The van der Waals surface area contributed by atoms with Crippen LogP contribution in [-0.4, -0.2) is 106 Å². The molecule has 1 spiro atoms. The number of carbonyl (C=O) groups excluding carboxylic acids is 3. The van der Waals surface area contributed by atoms with E-state index in [1.807, 2.05) is 29.2 Å². The molecule has 3 amide bonds. The summed E-state index contributed by atoms with van der Waals surface area (Å²) >= 11 is 4.60. The highest BCUT2D eigenvalue weighted by Crippen LogP contribution is 2.39. The van der Waals surface area contributed by atoms with Crippen LogP contribution in [0.25, 0.3) is 10.9 Å². The van der Waals surface area contributed by atoms with E-state index < -0.39 is 11.9 Å². The number of aromatic amines is 1. The van der Waals surface area contributed by atoms with Crippen molar-refractivity contribution in [1.82, 2.24) is 29.4 Å². The molecule has 0 aliphatic carbocycles. The average Bonchev–Trinajstić information content (AvgIpc) is 3.73. The highest BCUT2D eigenvalue weighted by Gasteiger charge is 2.39. The van der Waals surface area contributed by atoms with Gasteiger partial charge in [0, 0.05) is 50.5 Å². The van der Waals surface area contributed by atoms with Crippen molar-refractivity contribution in [2.75, 3.05) is 63.0 Å². The molecule has 3 aromatic carbocycles.